The third-order valence-electron chi connectivity index (χ3n) is 8.01. The Hall–Kier alpha value is -2.56. The van der Waals surface area contributed by atoms with Gasteiger partial charge in [-0.2, -0.15) is 0 Å². The van der Waals surface area contributed by atoms with Gasteiger partial charge in [-0.3, -0.25) is 9.97 Å². The number of nitrogens with zero attached hydrogens (tertiary/aromatic N) is 4. The summed E-state index contributed by atoms with van der Waals surface area (Å²) < 4.78 is 0. The van der Waals surface area contributed by atoms with E-state index in [-0.39, 0.29) is 5.41 Å². The molecule has 3 aromatic rings. The molecule has 0 saturated carbocycles. The molecule has 0 spiro atoms. The molecular weight excluding hydrogens is 452 g/mol. The first kappa shape index (κ1) is 27.5. The first-order chi connectivity index (χ1) is 17.8. The highest BCUT2D eigenvalue weighted by Gasteiger charge is 2.42. The molecule has 37 heavy (non-hydrogen) atoms. The maximum absolute atomic E-state index is 4.77. The van der Waals surface area contributed by atoms with Crippen molar-refractivity contribution in [1.82, 2.24) is 19.8 Å². The summed E-state index contributed by atoms with van der Waals surface area (Å²) in [6, 6.07) is 13.8. The Morgan fingerprint density at radius 1 is 0.649 bits per heavy atom. The number of hydrogen-bond acceptors (Lipinski definition) is 4. The fourth-order valence-corrected chi connectivity index (χ4v) is 6.02. The Morgan fingerprint density at radius 2 is 1.30 bits per heavy atom. The second-order valence-electron chi connectivity index (χ2n) is 11.7. The summed E-state index contributed by atoms with van der Waals surface area (Å²) in [4.78, 5) is 14.1. The Bertz CT molecular complexity index is 1150. The number of hydrogen-bond donors (Lipinski definition) is 0. The van der Waals surface area contributed by atoms with E-state index in [1.165, 1.54) is 84.7 Å². The van der Waals surface area contributed by atoms with Crippen LogP contribution in [0, 0.1) is 13.8 Å². The molecule has 0 N–H and O–H groups in total. The molecule has 4 nitrogen and oxygen atoms in total. The second-order valence-corrected chi connectivity index (χ2v) is 11.7. The first-order valence-corrected chi connectivity index (χ1v) is 14.1. The quantitative estimate of drug-likeness (QED) is 0.232. The molecule has 0 radical (unpaired) electrons. The summed E-state index contributed by atoms with van der Waals surface area (Å²) in [5, 5.41) is 0. The van der Waals surface area contributed by atoms with Crippen LogP contribution >= 0.6 is 0 Å². The van der Waals surface area contributed by atoms with E-state index in [0.717, 1.165) is 24.5 Å². The average Bonchev–Trinajstić information content (AvgIpc) is 3.12. The van der Waals surface area contributed by atoms with Crippen LogP contribution < -0.4 is 0 Å². The third-order valence-corrected chi connectivity index (χ3v) is 8.01. The van der Waals surface area contributed by atoms with Crippen molar-refractivity contribution < 1.29 is 0 Å². The normalized spacial score (nSPS) is 13.8. The summed E-state index contributed by atoms with van der Waals surface area (Å²) in [5.41, 5.74) is 10.4. The lowest BCUT2D eigenvalue weighted by Gasteiger charge is -2.33. The molecule has 1 aliphatic rings. The molecule has 0 amide bonds. The van der Waals surface area contributed by atoms with Crippen LogP contribution in [0.1, 0.15) is 73.8 Å². The van der Waals surface area contributed by atoms with E-state index in [2.05, 4.69) is 94.4 Å². The lowest BCUT2D eigenvalue weighted by Crippen LogP contribution is -2.26. The van der Waals surface area contributed by atoms with Gasteiger partial charge in [0.15, 0.2) is 0 Å². The van der Waals surface area contributed by atoms with Crippen LogP contribution in [0.4, 0.5) is 0 Å². The van der Waals surface area contributed by atoms with Gasteiger partial charge in [0, 0.05) is 34.6 Å². The predicted octanol–water partition coefficient (Wildman–Crippen LogP) is 7.27. The molecule has 4 rings (SSSR count). The highest BCUT2D eigenvalue weighted by molar-refractivity contribution is 5.83. The Kier molecular flexibility index (Phi) is 9.15. The van der Waals surface area contributed by atoms with E-state index in [1.54, 1.807) is 0 Å². The molecule has 0 saturated heterocycles. The standard InChI is InChI=1S/C33H46N4/c1-25-13-16-32(35-23-25)27-14-15-28-29-24-34-26(2)21-30(29)33(31(28)22-27,17-9-7-11-19-36(3)4)18-10-8-12-20-37(5)6/h13-16,21-24H,7-12,17-20H2,1-6H3. The number of aromatic nitrogens is 2. The first-order valence-electron chi connectivity index (χ1n) is 14.1. The monoisotopic (exact) mass is 498 g/mol. The Balaban J connectivity index is 1.71. The van der Waals surface area contributed by atoms with Gasteiger partial charge in [-0.1, -0.05) is 43.9 Å². The van der Waals surface area contributed by atoms with Crippen molar-refractivity contribution in [2.75, 3.05) is 41.3 Å². The van der Waals surface area contributed by atoms with Crippen LogP contribution in [-0.2, 0) is 5.41 Å². The maximum Gasteiger partial charge on any atom is 0.0702 e. The zero-order valence-corrected chi connectivity index (χ0v) is 24.0. The molecular formula is C33H46N4. The van der Waals surface area contributed by atoms with Crippen LogP contribution in [0.5, 0.6) is 0 Å². The number of aryl methyl sites for hydroxylation is 2. The number of benzene rings is 1. The number of unbranched alkanes of at least 4 members (excludes halogenated alkanes) is 4. The molecule has 2 aromatic heterocycles. The van der Waals surface area contributed by atoms with Gasteiger partial charge in [-0.15, -0.1) is 0 Å². The summed E-state index contributed by atoms with van der Waals surface area (Å²) in [7, 11) is 8.70. The number of fused-ring (bicyclic) bond motifs is 3. The van der Waals surface area contributed by atoms with Crippen LogP contribution in [0.25, 0.3) is 22.4 Å². The van der Waals surface area contributed by atoms with Gasteiger partial charge < -0.3 is 9.80 Å². The topological polar surface area (TPSA) is 32.3 Å². The third kappa shape index (κ3) is 6.48. The minimum absolute atomic E-state index is 0.0509. The van der Waals surface area contributed by atoms with E-state index >= 15 is 0 Å². The molecule has 0 unspecified atom stereocenters. The van der Waals surface area contributed by atoms with Crippen molar-refractivity contribution in [2.24, 2.45) is 0 Å². The van der Waals surface area contributed by atoms with Gasteiger partial charge in [-0.25, -0.2) is 0 Å². The largest absolute Gasteiger partial charge is 0.309 e. The molecule has 1 aromatic carbocycles. The van der Waals surface area contributed by atoms with Crippen LogP contribution in [-0.4, -0.2) is 61.0 Å². The Labute approximate surface area is 225 Å². The summed E-state index contributed by atoms with van der Waals surface area (Å²) in [6.07, 6.45) is 14.1. The number of pyridine rings is 2. The summed E-state index contributed by atoms with van der Waals surface area (Å²) in [5.74, 6) is 0. The second kappa shape index (κ2) is 12.3. The average molecular weight is 499 g/mol. The van der Waals surface area contributed by atoms with Gasteiger partial charge in [0.2, 0.25) is 0 Å². The van der Waals surface area contributed by atoms with Gasteiger partial charge >= 0.3 is 0 Å². The zero-order valence-electron chi connectivity index (χ0n) is 24.0. The molecule has 0 bridgehead atoms. The summed E-state index contributed by atoms with van der Waals surface area (Å²) in [6.45, 7) is 6.57. The molecule has 1 aliphatic carbocycles. The molecule has 2 heterocycles. The van der Waals surface area contributed by atoms with E-state index in [4.69, 9.17) is 9.97 Å². The van der Waals surface area contributed by atoms with Crippen molar-refractivity contribution in [3.63, 3.8) is 0 Å². The minimum atomic E-state index is 0.0509. The van der Waals surface area contributed by atoms with Crippen molar-refractivity contribution in [1.29, 1.82) is 0 Å². The minimum Gasteiger partial charge on any atom is -0.309 e. The predicted molar refractivity (Wildman–Crippen MR) is 157 cm³/mol. The van der Waals surface area contributed by atoms with Crippen LogP contribution in [0.2, 0.25) is 0 Å². The fraction of sp³-hybridized carbons (Fsp3) is 0.515. The fourth-order valence-electron chi connectivity index (χ4n) is 6.02. The van der Waals surface area contributed by atoms with Gasteiger partial charge in [0.25, 0.3) is 0 Å². The van der Waals surface area contributed by atoms with Gasteiger partial charge in [0.1, 0.15) is 0 Å². The summed E-state index contributed by atoms with van der Waals surface area (Å²) >= 11 is 0. The zero-order chi connectivity index (χ0) is 26.4. The SMILES string of the molecule is Cc1ccc(-c2ccc3c(c2)C(CCCCCN(C)C)(CCCCCN(C)C)c2cc(C)ncc2-3)nc1. The molecule has 4 heteroatoms. The van der Waals surface area contributed by atoms with E-state index in [1.807, 2.05) is 6.20 Å². The van der Waals surface area contributed by atoms with Gasteiger partial charge in [-0.05, 0) is 121 Å². The molecule has 198 valence electrons. The van der Waals surface area contributed by atoms with Crippen molar-refractivity contribution in [3.05, 3.63) is 71.2 Å². The highest BCUT2D eigenvalue weighted by atomic mass is 15.0. The lowest BCUT2D eigenvalue weighted by molar-refractivity contribution is 0.359. The van der Waals surface area contributed by atoms with Crippen molar-refractivity contribution in [2.45, 2.75) is 70.6 Å². The van der Waals surface area contributed by atoms with Crippen molar-refractivity contribution >= 4 is 0 Å². The van der Waals surface area contributed by atoms with Crippen LogP contribution in [0.15, 0.2) is 48.8 Å². The maximum atomic E-state index is 4.77. The van der Waals surface area contributed by atoms with Crippen molar-refractivity contribution in [3.8, 4) is 22.4 Å². The molecule has 0 fully saturated rings. The number of rotatable bonds is 13. The lowest BCUT2D eigenvalue weighted by atomic mass is 9.70. The van der Waals surface area contributed by atoms with Crippen LogP contribution in [0.3, 0.4) is 0 Å². The van der Waals surface area contributed by atoms with Gasteiger partial charge in [0.05, 0.1) is 5.69 Å². The molecule has 0 atom stereocenters. The Morgan fingerprint density at radius 3 is 1.89 bits per heavy atom. The van der Waals surface area contributed by atoms with E-state index in [9.17, 15) is 0 Å². The smallest absolute Gasteiger partial charge is 0.0702 e. The molecule has 0 aliphatic heterocycles. The van der Waals surface area contributed by atoms with E-state index in [0.29, 0.717) is 0 Å². The van der Waals surface area contributed by atoms with E-state index < -0.39 is 0 Å². The highest BCUT2D eigenvalue weighted by Crippen LogP contribution is 2.54.